The molecule has 4 aliphatic rings. The van der Waals surface area contributed by atoms with E-state index in [0.717, 1.165) is 58.4 Å². The number of nitrogens with zero attached hydrogens (tertiary/aromatic N) is 2. The number of fused-ring (bicyclic) bond motifs is 6. The molecule has 1 aromatic heterocycles. The highest BCUT2D eigenvalue weighted by molar-refractivity contribution is 7.17. The average molecular weight is 521 g/mol. The van der Waals surface area contributed by atoms with Gasteiger partial charge in [0.05, 0.1) is 23.3 Å². The Balaban J connectivity index is 1.42. The summed E-state index contributed by atoms with van der Waals surface area (Å²) in [5, 5.41) is 10.5. The van der Waals surface area contributed by atoms with Gasteiger partial charge in [0.2, 0.25) is 11.8 Å². The molecule has 0 bridgehead atoms. The summed E-state index contributed by atoms with van der Waals surface area (Å²) in [5.41, 5.74) is 4.79. The van der Waals surface area contributed by atoms with Crippen molar-refractivity contribution in [1.29, 1.82) is 5.26 Å². The second-order valence-electron chi connectivity index (χ2n) is 10.5. The van der Waals surface area contributed by atoms with E-state index in [1.807, 2.05) is 61.5 Å². The minimum absolute atomic E-state index is 0.346. The molecular weight excluding hydrogens is 496 g/mol. The first-order chi connectivity index (χ1) is 18.5. The maximum Gasteiger partial charge on any atom is 0.319 e. The van der Waals surface area contributed by atoms with E-state index in [4.69, 9.17) is 4.74 Å². The van der Waals surface area contributed by atoms with Crippen LogP contribution in [0, 0.1) is 36.0 Å². The summed E-state index contributed by atoms with van der Waals surface area (Å²) < 4.78 is 5.76. The van der Waals surface area contributed by atoms with Gasteiger partial charge < -0.3 is 4.74 Å². The Morgan fingerprint density at radius 3 is 2.55 bits per heavy atom. The largest absolute Gasteiger partial charge is 0.425 e. The lowest BCUT2D eigenvalue weighted by atomic mass is 9.64. The topological polar surface area (TPSA) is 87.5 Å². The molecule has 1 fully saturated rings. The first-order valence-corrected chi connectivity index (χ1v) is 13.8. The molecule has 0 saturated carbocycles. The standard InChI is InChI=1S/C31H24N2O4S/c1-16-11-12-18-21-14-20(17-7-3-2-4-8-17)25-27(26(21)31(36)37-23(18)13-16)29(35)33(28(25)34)30-22(15-32)19-9-5-6-10-24(19)38-30/h2-4,7-8,11-14,20,25-27H,5-6,9-10H2,1H3/t20-,25-,26-,27-/m1/s1. The number of hydrogen-bond donors (Lipinski definition) is 0. The van der Waals surface area contributed by atoms with Crippen molar-refractivity contribution in [3.8, 4) is 11.8 Å². The Kier molecular flexibility index (Phi) is 5.17. The highest BCUT2D eigenvalue weighted by Gasteiger charge is 2.61. The lowest BCUT2D eigenvalue weighted by Crippen LogP contribution is -2.42. The van der Waals surface area contributed by atoms with Crippen LogP contribution in [0.3, 0.4) is 0 Å². The molecule has 2 amide bonds. The Morgan fingerprint density at radius 2 is 1.76 bits per heavy atom. The summed E-state index contributed by atoms with van der Waals surface area (Å²) in [4.78, 5) is 44.2. The van der Waals surface area contributed by atoms with Gasteiger partial charge in [-0.2, -0.15) is 5.26 Å². The van der Waals surface area contributed by atoms with Gasteiger partial charge in [0.25, 0.3) is 0 Å². The Bertz CT molecular complexity index is 1610. The molecule has 38 heavy (non-hydrogen) atoms. The molecule has 7 rings (SSSR count). The van der Waals surface area contributed by atoms with Crippen molar-refractivity contribution in [3.05, 3.63) is 87.3 Å². The van der Waals surface area contributed by atoms with Crippen molar-refractivity contribution in [3.63, 3.8) is 0 Å². The van der Waals surface area contributed by atoms with Gasteiger partial charge in [-0.3, -0.25) is 14.4 Å². The van der Waals surface area contributed by atoms with Crippen LogP contribution in [-0.4, -0.2) is 17.8 Å². The summed E-state index contributed by atoms with van der Waals surface area (Å²) in [7, 11) is 0. The molecule has 2 aliphatic heterocycles. The third-order valence-electron chi connectivity index (χ3n) is 8.40. The second-order valence-corrected chi connectivity index (χ2v) is 11.6. The molecule has 7 heteroatoms. The first-order valence-electron chi connectivity index (χ1n) is 13.0. The molecule has 0 N–H and O–H groups in total. The Hall–Kier alpha value is -4.02. The number of aryl methyl sites for hydroxylation is 2. The summed E-state index contributed by atoms with van der Waals surface area (Å²) in [6.07, 6.45) is 5.64. The zero-order chi connectivity index (χ0) is 26.1. The number of allylic oxidation sites excluding steroid dienone is 1. The van der Waals surface area contributed by atoms with Crippen LogP contribution in [0.15, 0.2) is 54.6 Å². The second kappa shape index (κ2) is 8.50. The summed E-state index contributed by atoms with van der Waals surface area (Å²) >= 11 is 1.38. The van der Waals surface area contributed by atoms with E-state index in [-0.39, 0.29) is 5.91 Å². The molecule has 4 atom stereocenters. The fourth-order valence-corrected chi connectivity index (χ4v) is 8.04. The minimum atomic E-state index is -0.902. The van der Waals surface area contributed by atoms with Crippen LogP contribution >= 0.6 is 11.3 Å². The first kappa shape index (κ1) is 23.1. The highest BCUT2D eigenvalue weighted by atomic mass is 32.1. The number of benzene rings is 2. The average Bonchev–Trinajstić information content (AvgIpc) is 3.42. The molecule has 0 unspecified atom stereocenters. The molecule has 6 nitrogen and oxygen atoms in total. The van der Waals surface area contributed by atoms with E-state index in [2.05, 4.69) is 6.07 Å². The number of amides is 2. The van der Waals surface area contributed by atoms with Crippen LogP contribution in [0.2, 0.25) is 0 Å². The molecule has 0 spiro atoms. The van der Waals surface area contributed by atoms with E-state index in [9.17, 15) is 19.6 Å². The van der Waals surface area contributed by atoms with Crippen LogP contribution in [0.4, 0.5) is 5.00 Å². The highest BCUT2D eigenvalue weighted by Crippen LogP contribution is 2.55. The van der Waals surface area contributed by atoms with Gasteiger partial charge in [-0.25, -0.2) is 4.90 Å². The monoisotopic (exact) mass is 520 g/mol. The van der Waals surface area contributed by atoms with Crippen molar-refractivity contribution >= 4 is 39.7 Å². The molecule has 2 aromatic carbocycles. The summed E-state index contributed by atoms with van der Waals surface area (Å²) in [6.45, 7) is 1.93. The third kappa shape index (κ3) is 3.20. The Labute approximate surface area is 224 Å². The maximum atomic E-state index is 14.2. The van der Waals surface area contributed by atoms with Crippen molar-refractivity contribution in [1.82, 2.24) is 0 Å². The third-order valence-corrected chi connectivity index (χ3v) is 9.68. The number of ether oxygens (including phenoxy) is 1. The normalized spacial score (nSPS) is 25.5. The van der Waals surface area contributed by atoms with Crippen molar-refractivity contribution in [2.45, 2.75) is 38.5 Å². The van der Waals surface area contributed by atoms with Crippen molar-refractivity contribution in [2.24, 2.45) is 17.8 Å². The number of carbonyl (C=O) groups is 3. The molecule has 3 aromatic rings. The number of imide groups is 1. The predicted molar refractivity (Wildman–Crippen MR) is 143 cm³/mol. The summed E-state index contributed by atoms with van der Waals surface area (Å²) in [5.74, 6) is -3.73. The van der Waals surface area contributed by atoms with Gasteiger partial charge in [-0.05, 0) is 60.9 Å². The van der Waals surface area contributed by atoms with Gasteiger partial charge in [-0.1, -0.05) is 48.5 Å². The van der Waals surface area contributed by atoms with E-state index in [0.29, 0.717) is 16.3 Å². The SMILES string of the molecule is Cc1ccc2c(c1)OC(=O)[C@@H]1C2=C[C@H](c2ccccc2)[C@H]2C(=O)N(c3sc4c(c3C#N)CCCC4)C(=O)[C@@H]12. The Morgan fingerprint density at radius 1 is 1.00 bits per heavy atom. The van der Waals surface area contributed by atoms with Gasteiger partial charge in [0.15, 0.2) is 0 Å². The quantitative estimate of drug-likeness (QED) is 0.259. The fraction of sp³-hybridized carbons (Fsp3) is 0.290. The van der Waals surface area contributed by atoms with Crippen molar-refractivity contribution < 1.29 is 19.1 Å². The molecular formula is C31H24N2O4S. The molecule has 2 aliphatic carbocycles. The molecule has 188 valence electrons. The van der Waals surface area contributed by atoms with Crippen LogP contribution in [0.25, 0.3) is 5.57 Å². The van der Waals surface area contributed by atoms with E-state index >= 15 is 0 Å². The van der Waals surface area contributed by atoms with Gasteiger partial charge >= 0.3 is 5.97 Å². The van der Waals surface area contributed by atoms with Crippen LogP contribution in [0.5, 0.6) is 5.75 Å². The van der Waals surface area contributed by atoms with Crippen LogP contribution in [0.1, 0.15) is 51.5 Å². The van der Waals surface area contributed by atoms with Gasteiger partial charge in [0, 0.05) is 16.4 Å². The minimum Gasteiger partial charge on any atom is -0.425 e. The number of thiophene rings is 1. The fourth-order valence-electron chi connectivity index (χ4n) is 6.69. The number of hydrogen-bond acceptors (Lipinski definition) is 6. The number of esters is 1. The molecule has 0 radical (unpaired) electrons. The van der Waals surface area contributed by atoms with E-state index in [1.165, 1.54) is 16.2 Å². The van der Waals surface area contributed by atoms with E-state index < -0.39 is 35.5 Å². The summed E-state index contributed by atoms with van der Waals surface area (Å²) in [6, 6.07) is 17.7. The van der Waals surface area contributed by atoms with E-state index in [1.54, 1.807) is 0 Å². The van der Waals surface area contributed by atoms with Crippen molar-refractivity contribution in [2.75, 3.05) is 4.90 Å². The smallest absolute Gasteiger partial charge is 0.319 e. The predicted octanol–water partition coefficient (Wildman–Crippen LogP) is 5.33. The maximum absolute atomic E-state index is 14.2. The van der Waals surface area contributed by atoms with Gasteiger partial charge in [0.1, 0.15) is 16.8 Å². The number of anilines is 1. The zero-order valence-electron chi connectivity index (χ0n) is 20.8. The number of nitriles is 1. The van der Waals surface area contributed by atoms with Crippen LogP contribution < -0.4 is 9.64 Å². The lowest BCUT2D eigenvalue weighted by molar-refractivity contribution is -0.142. The number of carbonyl (C=O) groups excluding carboxylic acids is 3. The molecule has 3 heterocycles. The number of rotatable bonds is 2. The van der Waals surface area contributed by atoms with Crippen LogP contribution in [-0.2, 0) is 27.2 Å². The van der Waals surface area contributed by atoms with Gasteiger partial charge in [-0.15, -0.1) is 11.3 Å². The lowest BCUT2D eigenvalue weighted by Gasteiger charge is -2.38. The zero-order valence-corrected chi connectivity index (χ0v) is 21.6. The molecule has 1 saturated heterocycles.